The number of ether oxygens (including phenoxy) is 3. The maximum absolute atomic E-state index is 12.5. The molecule has 5 nitrogen and oxygen atoms in total. The van der Waals surface area contributed by atoms with Crippen molar-refractivity contribution in [3.8, 4) is 17.2 Å². The van der Waals surface area contributed by atoms with Crippen LogP contribution in [0, 0.1) is 0 Å². The van der Waals surface area contributed by atoms with Crippen LogP contribution in [0.1, 0.15) is 112 Å². The van der Waals surface area contributed by atoms with Gasteiger partial charge in [0.2, 0.25) is 5.75 Å². The van der Waals surface area contributed by atoms with Crippen molar-refractivity contribution >= 4 is 11.9 Å². The van der Waals surface area contributed by atoms with E-state index in [1.807, 2.05) is 20.8 Å². The van der Waals surface area contributed by atoms with Crippen molar-refractivity contribution in [3.05, 3.63) is 18.2 Å². The lowest BCUT2D eigenvalue weighted by Gasteiger charge is -2.23. The third-order valence-corrected chi connectivity index (χ3v) is 4.77. The molecule has 1 aromatic rings. The first kappa shape index (κ1) is 27.0. The largest absolute Gasteiger partial charge is 0.484 e. The van der Waals surface area contributed by atoms with Gasteiger partial charge in [0.25, 0.3) is 0 Å². The van der Waals surface area contributed by atoms with E-state index in [0.717, 1.165) is 44.9 Å². The molecule has 0 radical (unpaired) electrons. The van der Waals surface area contributed by atoms with Gasteiger partial charge >= 0.3 is 11.9 Å². The minimum atomic E-state index is -0.483. The molecule has 0 unspecified atom stereocenters. The quantitative estimate of drug-likeness (QED) is 0.163. The number of rotatable bonds is 15. The molecule has 1 rings (SSSR count). The van der Waals surface area contributed by atoms with E-state index in [-0.39, 0.29) is 23.4 Å². The van der Waals surface area contributed by atoms with E-state index in [1.54, 1.807) is 18.2 Å². The first-order valence-corrected chi connectivity index (χ1v) is 12.0. The van der Waals surface area contributed by atoms with Gasteiger partial charge in [0, 0.05) is 12.8 Å². The van der Waals surface area contributed by atoms with Crippen molar-refractivity contribution < 1.29 is 23.8 Å². The van der Waals surface area contributed by atoms with Crippen molar-refractivity contribution in [1.82, 2.24) is 0 Å². The number of unbranched alkanes of at least 4 members (excludes halogenated alkanes) is 8. The molecule has 0 saturated heterocycles. The topological polar surface area (TPSA) is 61.8 Å². The summed E-state index contributed by atoms with van der Waals surface area (Å²) in [6.07, 6.45) is 11.2. The van der Waals surface area contributed by atoms with Crippen LogP contribution in [0.25, 0.3) is 0 Å². The van der Waals surface area contributed by atoms with Crippen molar-refractivity contribution in [3.63, 3.8) is 0 Å². The summed E-state index contributed by atoms with van der Waals surface area (Å²) in [7, 11) is 0. The monoisotopic (exact) mass is 434 g/mol. The molecular formula is C26H42O5. The second kappa shape index (κ2) is 14.9. The van der Waals surface area contributed by atoms with Gasteiger partial charge in [-0.25, -0.2) is 0 Å². The summed E-state index contributed by atoms with van der Waals surface area (Å²) in [6.45, 7) is 10.1. The summed E-state index contributed by atoms with van der Waals surface area (Å²) >= 11 is 0. The molecule has 0 N–H and O–H groups in total. The van der Waals surface area contributed by atoms with Gasteiger partial charge in [-0.2, -0.15) is 0 Å². The van der Waals surface area contributed by atoms with E-state index in [1.165, 1.54) is 19.3 Å². The number of benzene rings is 1. The van der Waals surface area contributed by atoms with Crippen LogP contribution < -0.4 is 14.2 Å². The zero-order valence-corrected chi connectivity index (χ0v) is 20.3. The summed E-state index contributed by atoms with van der Waals surface area (Å²) in [5.41, 5.74) is -0.483. The molecule has 1 aromatic carbocycles. The van der Waals surface area contributed by atoms with Crippen molar-refractivity contribution in [2.75, 3.05) is 0 Å². The van der Waals surface area contributed by atoms with Gasteiger partial charge in [-0.3, -0.25) is 9.59 Å². The van der Waals surface area contributed by atoms with Gasteiger partial charge in [-0.15, -0.1) is 0 Å². The van der Waals surface area contributed by atoms with Crippen molar-refractivity contribution in [2.24, 2.45) is 0 Å². The Kier molecular flexibility index (Phi) is 13.0. The Morgan fingerprint density at radius 3 is 1.71 bits per heavy atom. The van der Waals surface area contributed by atoms with Gasteiger partial charge < -0.3 is 14.2 Å². The minimum Gasteiger partial charge on any atom is -0.484 e. The Labute approximate surface area is 188 Å². The summed E-state index contributed by atoms with van der Waals surface area (Å²) in [5.74, 6) is 0.176. The molecule has 5 heteroatoms. The first-order chi connectivity index (χ1) is 14.8. The molecule has 0 aliphatic heterocycles. The average molecular weight is 435 g/mol. The van der Waals surface area contributed by atoms with E-state index in [0.29, 0.717) is 18.6 Å². The zero-order valence-electron chi connectivity index (χ0n) is 20.3. The summed E-state index contributed by atoms with van der Waals surface area (Å²) in [5, 5.41) is 0. The highest BCUT2D eigenvalue weighted by atomic mass is 16.6. The maximum atomic E-state index is 12.5. The molecule has 0 bridgehead atoms. The third kappa shape index (κ3) is 12.4. The van der Waals surface area contributed by atoms with Crippen LogP contribution >= 0.6 is 0 Å². The fraction of sp³-hybridized carbons (Fsp3) is 0.692. The van der Waals surface area contributed by atoms with E-state index < -0.39 is 5.60 Å². The molecule has 31 heavy (non-hydrogen) atoms. The maximum Gasteiger partial charge on any atom is 0.311 e. The number of carbonyl (C=O) groups excluding carboxylic acids is 2. The molecule has 0 aromatic heterocycles. The van der Waals surface area contributed by atoms with E-state index >= 15 is 0 Å². The molecule has 0 aliphatic rings. The van der Waals surface area contributed by atoms with Crippen LogP contribution in [0.4, 0.5) is 0 Å². The summed E-state index contributed by atoms with van der Waals surface area (Å²) < 4.78 is 17.2. The second-order valence-corrected chi connectivity index (χ2v) is 9.07. The van der Waals surface area contributed by atoms with Crippen LogP contribution in [0.3, 0.4) is 0 Å². The lowest BCUT2D eigenvalue weighted by molar-refractivity contribution is -0.137. The Balaban J connectivity index is 2.81. The second-order valence-electron chi connectivity index (χ2n) is 9.07. The smallest absolute Gasteiger partial charge is 0.311 e. The molecule has 0 saturated carbocycles. The molecule has 0 fully saturated rings. The van der Waals surface area contributed by atoms with Crippen LogP contribution in [0.5, 0.6) is 17.2 Å². The SMILES string of the molecule is CCCCCCCC(=O)Oc1cccc(OC(C)(C)C)c1OC(=O)CCCCCCC. The number of para-hydroxylation sites is 1. The third-order valence-electron chi connectivity index (χ3n) is 4.77. The highest BCUT2D eigenvalue weighted by molar-refractivity contribution is 5.77. The van der Waals surface area contributed by atoms with Gasteiger partial charge in [-0.1, -0.05) is 71.3 Å². The highest BCUT2D eigenvalue weighted by Crippen LogP contribution is 2.39. The van der Waals surface area contributed by atoms with E-state index in [2.05, 4.69) is 13.8 Å². The Morgan fingerprint density at radius 1 is 0.710 bits per heavy atom. The fourth-order valence-electron chi connectivity index (χ4n) is 3.17. The molecular weight excluding hydrogens is 392 g/mol. The summed E-state index contributed by atoms with van der Waals surface area (Å²) in [6, 6.07) is 5.12. The van der Waals surface area contributed by atoms with Crippen LogP contribution in [0.15, 0.2) is 18.2 Å². The normalized spacial score (nSPS) is 11.3. The van der Waals surface area contributed by atoms with Crippen LogP contribution in [-0.4, -0.2) is 17.5 Å². The molecule has 0 spiro atoms. The fourth-order valence-corrected chi connectivity index (χ4v) is 3.17. The number of hydrogen-bond donors (Lipinski definition) is 0. The molecule has 0 amide bonds. The molecule has 0 aliphatic carbocycles. The Bertz CT molecular complexity index is 660. The van der Waals surface area contributed by atoms with Gasteiger partial charge in [0.05, 0.1) is 0 Å². The molecule has 176 valence electrons. The molecule has 0 heterocycles. The van der Waals surface area contributed by atoms with Gasteiger partial charge in [-0.05, 0) is 45.7 Å². The first-order valence-electron chi connectivity index (χ1n) is 12.0. The lowest BCUT2D eigenvalue weighted by atomic mass is 10.1. The van der Waals surface area contributed by atoms with E-state index in [9.17, 15) is 9.59 Å². The number of esters is 2. The minimum absolute atomic E-state index is 0.190. The average Bonchev–Trinajstić information content (AvgIpc) is 2.69. The van der Waals surface area contributed by atoms with Crippen LogP contribution in [0.2, 0.25) is 0 Å². The predicted molar refractivity (Wildman–Crippen MR) is 125 cm³/mol. The lowest BCUT2D eigenvalue weighted by Crippen LogP contribution is -2.24. The predicted octanol–water partition coefficient (Wildman–Crippen LogP) is 7.40. The number of hydrogen-bond acceptors (Lipinski definition) is 5. The Morgan fingerprint density at radius 2 is 1.19 bits per heavy atom. The highest BCUT2D eigenvalue weighted by Gasteiger charge is 2.22. The van der Waals surface area contributed by atoms with E-state index in [4.69, 9.17) is 14.2 Å². The standard InChI is InChI=1S/C26H42O5/c1-6-8-10-12-14-19-23(27)29-21-17-16-18-22(31-26(3,4)5)25(21)30-24(28)20-15-13-11-9-7-2/h16-18H,6-15,19-20H2,1-5H3. The van der Waals surface area contributed by atoms with Crippen LogP contribution in [-0.2, 0) is 9.59 Å². The van der Waals surface area contributed by atoms with Gasteiger partial charge in [0.1, 0.15) is 5.60 Å². The summed E-state index contributed by atoms with van der Waals surface area (Å²) in [4.78, 5) is 24.8. The Hall–Kier alpha value is -2.04. The number of carbonyl (C=O) groups is 2. The zero-order chi connectivity index (χ0) is 23.1. The molecule has 0 atom stereocenters. The van der Waals surface area contributed by atoms with Crippen molar-refractivity contribution in [1.29, 1.82) is 0 Å². The van der Waals surface area contributed by atoms with Crippen molar-refractivity contribution in [2.45, 2.75) is 117 Å². The van der Waals surface area contributed by atoms with Gasteiger partial charge in [0.15, 0.2) is 11.5 Å².